The molecule has 31 heavy (non-hydrogen) atoms. The third-order valence-corrected chi connectivity index (χ3v) is 5.03. The second-order valence-corrected chi connectivity index (χ2v) is 7.03. The number of carbonyl (C=O) groups excluding carboxylic acids is 1. The Balaban J connectivity index is 1.87. The Morgan fingerprint density at radius 1 is 1.35 bits per heavy atom. The monoisotopic (exact) mass is 432 g/mol. The normalized spacial score (nSPS) is 15.3. The molecular formula is C21H26F2N6O2. The van der Waals surface area contributed by atoms with Crippen molar-refractivity contribution in [3.8, 4) is 0 Å². The number of aromatic nitrogens is 1. The molecule has 0 atom stereocenters. The number of allylic oxidation sites excluding steroid dienone is 1. The molecule has 1 aliphatic heterocycles. The number of ether oxygens (including phenoxy) is 1. The Bertz CT molecular complexity index is 960. The van der Waals surface area contributed by atoms with Gasteiger partial charge in [0.2, 0.25) is 0 Å². The molecule has 166 valence electrons. The summed E-state index contributed by atoms with van der Waals surface area (Å²) in [6.45, 7) is 3.43. The van der Waals surface area contributed by atoms with Crippen molar-refractivity contribution in [2.24, 2.45) is 5.73 Å². The van der Waals surface area contributed by atoms with Crippen molar-refractivity contribution in [3.05, 3.63) is 41.7 Å². The fourth-order valence-electron chi connectivity index (χ4n) is 3.39. The van der Waals surface area contributed by atoms with Gasteiger partial charge in [0.15, 0.2) is 0 Å². The zero-order valence-corrected chi connectivity index (χ0v) is 17.0. The number of fused-ring (bicyclic) bond motifs is 1. The first kappa shape index (κ1) is 22.6. The van der Waals surface area contributed by atoms with Crippen molar-refractivity contribution in [2.45, 2.75) is 6.43 Å². The van der Waals surface area contributed by atoms with Gasteiger partial charge in [0.25, 0.3) is 12.3 Å². The second kappa shape index (κ2) is 10.8. The lowest BCUT2D eigenvalue weighted by Gasteiger charge is -2.26. The molecule has 10 heteroatoms. The van der Waals surface area contributed by atoms with E-state index in [1.807, 2.05) is 0 Å². The van der Waals surface area contributed by atoms with E-state index in [1.54, 1.807) is 18.2 Å². The summed E-state index contributed by atoms with van der Waals surface area (Å²) >= 11 is 0. The summed E-state index contributed by atoms with van der Waals surface area (Å²) in [5.74, 6) is -0.397. The predicted molar refractivity (Wildman–Crippen MR) is 117 cm³/mol. The van der Waals surface area contributed by atoms with Crippen molar-refractivity contribution in [1.82, 2.24) is 15.2 Å². The van der Waals surface area contributed by atoms with E-state index in [1.165, 1.54) is 12.4 Å². The minimum atomic E-state index is -2.59. The van der Waals surface area contributed by atoms with E-state index in [9.17, 15) is 13.6 Å². The highest BCUT2D eigenvalue weighted by molar-refractivity contribution is 6.11. The average molecular weight is 432 g/mol. The molecule has 0 aliphatic carbocycles. The number of alkyl halides is 2. The molecule has 2 heterocycles. The minimum Gasteiger partial charge on any atom is -0.404 e. The number of amides is 1. The number of rotatable bonds is 9. The Morgan fingerprint density at radius 2 is 2.13 bits per heavy atom. The van der Waals surface area contributed by atoms with E-state index in [0.29, 0.717) is 48.3 Å². The zero-order valence-electron chi connectivity index (χ0n) is 17.0. The lowest BCUT2D eigenvalue weighted by Crippen LogP contribution is -2.41. The molecule has 5 N–H and O–H groups in total. The highest BCUT2D eigenvalue weighted by Crippen LogP contribution is 2.29. The van der Waals surface area contributed by atoms with Crippen LogP contribution in [0.15, 0.2) is 30.6 Å². The fourth-order valence-corrected chi connectivity index (χ4v) is 3.39. The molecule has 1 saturated heterocycles. The van der Waals surface area contributed by atoms with E-state index >= 15 is 0 Å². The largest absolute Gasteiger partial charge is 0.404 e. The van der Waals surface area contributed by atoms with Crippen molar-refractivity contribution < 1.29 is 18.3 Å². The fraction of sp³-hybridized carbons (Fsp3) is 0.381. The first-order valence-corrected chi connectivity index (χ1v) is 9.99. The predicted octanol–water partition coefficient (Wildman–Crippen LogP) is 1.92. The Kier molecular flexibility index (Phi) is 7.85. The number of hydrogen-bond donors (Lipinski definition) is 4. The summed E-state index contributed by atoms with van der Waals surface area (Å²) in [7, 11) is 0. The molecule has 8 nitrogen and oxygen atoms in total. The molecule has 1 aromatic carbocycles. The summed E-state index contributed by atoms with van der Waals surface area (Å²) in [5, 5.41) is 13.5. The maximum atomic E-state index is 12.9. The van der Waals surface area contributed by atoms with Crippen LogP contribution in [-0.2, 0) is 4.74 Å². The van der Waals surface area contributed by atoms with Crippen molar-refractivity contribution in [3.63, 3.8) is 0 Å². The number of carbonyl (C=O) groups is 1. The van der Waals surface area contributed by atoms with Gasteiger partial charge in [0.1, 0.15) is 0 Å². The number of nitrogens with two attached hydrogens (primary N) is 1. The van der Waals surface area contributed by atoms with Crippen LogP contribution in [-0.4, -0.2) is 74.4 Å². The summed E-state index contributed by atoms with van der Waals surface area (Å²) in [6.07, 6.45) is 1.18. The zero-order chi connectivity index (χ0) is 22.2. The Labute approximate surface area is 179 Å². The topological polar surface area (TPSA) is 116 Å². The first-order valence-electron chi connectivity index (χ1n) is 9.99. The molecule has 1 aliphatic rings. The van der Waals surface area contributed by atoms with Gasteiger partial charge in [-0.1, -0.05) is 6.07 Å². The van der Waals surface area contributed by atoms with Crippen molar-refractivity contribution in [2.75, 3.05) is 51.3 Å². The van der Waals surface area contributed by atoms with E-state index in [4.69, 9.17) is 15.9 Å². The molecule has 3 rings (SSSR count). The molecule has 0 saturated carbocycles. The summed E-state index contributed by atoms with van der Waals surface area (Å²) in [4.78, 5) is 19.3. The van der Waals surface area contributed by atoms with Crippen LogP contribution in [0, 0.1) is 5.41 Å². The van der Waals surface area contributed by atoms with Crippen molar-refractivity contribution >= 4 is 34.3 Å². The number of anilines is 1. The molecule has 1 aromatic heterocycles. The van der Waals surface area contributed by atoms with E-state index in [0.717, 1.165) is 19.3 Å². The first-order chi connectivity index (χ1) is 15.0. The summed E-state index contributed by atoms with van der Waals surface area (Å²) in [5.41, 5.74) is 7.64. The molecule has 2 aromatic rings. The highest BCUT2D eigenvalue weighted by Gasteiger charge is 2.18. The van der Waals surface area contributed by atoms with Gasteiger partial charge in [0, 0.05) is 55.7 Å². The molecule has 0 spiro atoms. The van der Waals surface area contributed by atoms with Crippen LogP contribution in [0.5, 0.6) is 0 Å². The molecule has 0 radical (unpaired) electrons. The lowest BCUT2D eigenvalue weighted by atomic mass is 10.0. The number of halogens is 2. The van der Waals surface area contributed by atoms with Gasteiger partial charge >= 0.3 is 0 Å². The van der Waals surface area contributed by atoms with Crippen LogP contribution in [0.1, 0.15) is 15.9 Å². The average Bonchev–Trinajstić information content (AvgIpc) is 2.78. The smallest absolute Gasteiger partial charge is 0.255 e. The Hall–Kier alpha value is -3.11. The van der Waals surface area contributed by atoms with Crippen LogP contribution >= 0.6 is 0 Å². The molecule has 0 bridgehead atoms. The van der Waals surface area contributed by atoms with Crippen molar-refractivity contribution in [1.29, 1.82) is 5.41 Å². The lowest BCUT2D eigenvalue weighted by molar-refractivity contribution is 0.0383. The van der Waals surface area contributed by atoms with E-state index in [2.05, 4.69) is 20.5 Å². The molecule has 1 fully saturated rings. The number of nitrogens with zero attached hydrogens (tertiary/aromatic N) is 2. The van der Waals surface area contributed by atoms with Gasteiger partial charge in [-0.15, -0.1) is 0 Å². The van der Waals surface area contributed by atoms with Crippen LogP contribution in [0.3, 0.4) is 0 Å². The van der Waals surface area contributed by atoms with Crippen LogP contribution in [0.25, 0.3) is 16.5 Å². The quantitative estimate of drug-likeness (QED) is 0.450. The molecular weight excluding hydrogens is 406 g/mol. The number of morpholine rings is 1. The van der Waals surface area contributed by atoms with Gasteiger partial charge in [0.05, 0.1) is 36.5 Å². The van der Waals surface area contributed by atoms with Crippen LogP contribution < -0.4 is 16.4 Å². The standard InChI is InChI=1S/C21H26F2N6O2/c22-19(23)13-28-20-16-9-14(15(10-24)11-25)1-2-18(16)27-12-17(20)21(30)26-3-4-29-5-7-31-8-6-29/h1-2,9-12,19,24H,3-8,13,25H2,(H,26,30)(H,27,28)/b15-11+,24-10?. The third-order valence-electron chi connectivity index (χ3n) is 5.03. The maximum absolute atomic E-state index is 12.9. The SMILES string of the molecule is N=C/C(=C\N)c1ccc2ncc(C(=O)NCCN3CCOCC3)c(NCC(F)F)c2c1. The molecule has 0 unspecified atom stereocenters. The number of nitrogens with one attached hydrogen (secondary N) is 3. The minimum absolute atomic E-state index is 0.181. The third kappa shape index (κ3) is 5.74. The van der Waals surface area contributed by atoms with Gasteiger partial charge in [-0.05, 0) is 17.7 Å². The number of pyridine rings is 1. The molecule has 1 amide bonds. The second-order valence-electron chi connectivity index (χ2n) is 7.03. The van der Waals surface area contributed by atoms with Gasteiger partial charge in [-0.2, -0.15) is 0 Å². The van der Waals surface area contributed by atoms with Gasteiger partial charge < -0.3 is 26.5 Å². The summed E-state index contributed by atoms with van der Waals surface area (Å²) < 4.78 is 31.2. The number of benzene rings is 1. The maximum Gasteiger partial charge on any atom is 0.255 e. The van der Waals surface area contributed by atoms with Crippen LogP contribution in [0.2, 0.25) is 0 Å². The van der Waals surface area contributed by atoms with Crippen LogP contribution in [0.4, 0.5) is 14.5 Å². The van der Waals surface area contributed by atoms with E-state index < -0.39 is 18.9 Å². The van der Waals surface area contributed by atoms with E-state index in [-0.39, 0.29) is 11.3 Å². The highest BCUT2D eigenvalue weighted by atomic mass is 19.3. The van der Waals surface area contributed by atoms with Gasteiger partial charge in [-0.3, -0.25) is 14.7 Å². The number of hydrogen-bond acceptors (Lipinski definition) is 7. The van der Waals surface area contributed by atoms with Gasteiger partial charge in [-0.25, -0.2) is 8.78 Å². The summed E-state index contributed by atoms with van der Waals surface area (Å²) in [6, 6.07) is 5.12. The Morgan fingerprint density at radius 3 is 2.81 bits per heavy atom.